The lowest BCUT2D eigenvalue weighted by atomic mass is 10.1. The summed E-state index contributed by atoms with van der Waals surface area (Å²) in [6.07, 6.45) is 14.5. The van der Waals surface area contributed by atoms with Crippen LogP contribution in [0.25, 0.3) is 0 Å². The van der Waals surface area contributed by atoms with Crippen LogP contribution in [0.2, 0.25) is 0 Å². The van der Waals surface area contributed by atoms with Crippen molar-refractivity contribution in [1.82, 2.24) is 10.2 Å². The highest BCUT2D eigenvalue weighted by Crippen LogP contribution is 2.11. The first-order valence-electron chi connectivity index (χ1n) is 9.10. The van der Waals surface area contributed by atoms with Gasteiger partial charge in [0.05, 0.1) is 0 Å². The first-order chi connectivity index (χ1) is 9.70. The number of unbranched alkanes of at least 4 members (excludes halogenated alkanes) is 7. The van der Waals surface area contributed by atoms with Crippen molar-refractivity contribution in [2.75, 3.05) is 26.7 Å². The molecule has 1 saturated heterocycles. The second kappa shape index (κ2) is 15.3. The topological polar surface area (TPSA) is 15.3 Å². The fourth-order valence-corrected chi connectivity index (χ4v) is 2.48. The second-order valence-electron chi connectivity index (χ2n) is 6.47. The molecule has 0 aromatic heterocycles. The molecule has 0 aliphatic carbocycles. The Hall–Kier alpha value is -0.0800. The summed E-state index contributed by atoms with van der Waals surface area (Å²) in [5.41, 5.74) is 0. The summed E-state index contributed by atoms with van der Waals surface area (Å²) < 4.78 is 0. The fraction of sp³-hybridized carbons (Fsp3) is 1.00. The van der Waals surface area contributed by atoms with E-state index < -0.39 is 0 Å². The van der Waals surface area contributed by atoms with Gasteiger partial charge < -0.3 is 10.2 Å². The third-order valence-electron chi connectivity index (χ3n) is 4.10. The minimum Gasteiger partial charge on any atom is -0.318 e. The Balaban J connectivity index is 0.000000621. The maximum Gasteiger partial charge on any atom is 0.000733 e. The highest BCUT2D eigenvalue weighted by atomic mass is 15.1. The molecule has 122 valence electrons. The Morgan fingerprint density at radius 3 is 1.75 bits per heavy atom. The third kappa shape index (κ3) is 14.3. The lowest BCUT2D eigenvalue weighted by Crippen LogP contribution is -2.20. The van der Waals surface area contributed by atoms with Gasteiger partial charge in [-0.3, -0.25) is 0 Å². The van der Waals surface area contributed by atoms with E-state index in [0.717, 1.165) is 0 Å². The molecule has 0 bridgehead atoms. The maximum atomic E-state index is 3.03. The van der Waals surface area contributed by atoms with Gasteiger partial charge in [-0.05, 0) is 45.9 Å². The molecule has 2 heteroatoms. The van der Waals surface area contributed by atoms with E-state index in [1.54, 1.807) is 0 Å². The van der Waals surface area contributed by atoms with Crippen molar-refractivity contribution < 1.29 is 0 Å². The van der Waals surface area contributed by atoms with Gasteiger partial charge in [0.1, 0.15) is 0 Å². The highest BCUT2D eigenvalue weighted by Gasteiger charge is 2.09. The van der Waals surface area contributed by atoms with Gasteiger partial charge in [-0.25, -0.2) is 0 Å². The summed E-state index contributed by atoms with van der Waals surface area (Å²) in [5, 5.41) is 3.03. The SMILES string of the molecule is CCCCCCCCCCN1CCCC1.CNC(C)C. The van der Waals surface area contributed by atoms with Gasteiger partial charge in [-0.15, -0.1) is 0 Å². The molecule has 0 unspecified atom stereocenters. The van der Waals surface area contributed by atoms with Crippen LogP contribution in [-0.4, -0.2) is 37.6 Å². The molecule has 1 heterocycles. The Labute approximate surface area is 128 Å². The van der Waals surface area contributed by atoms with Gasteiger partial charge in [-0.2, -0.15) is 0 Å². The maximum absolute atomic E-state index is 3.03. The minimum atomic E-state index is 0.634. The summed E-state index contributed by atoms with van der Waals surface area (Å²) in [6.45, 7) is 10.6. The van der Waals surface area contributed by atoms with Crippen molar-refractivity contribution in [3.63, 3.8) is 0 Å². The van der Waals surface area contributed by atoms with Gasteiger partial charge >= 0.3 is 0 Å². The normalized spacial score (nSPS) is 15.4. The lowest BCUT2D eigenvalue weighted by molar-refractivity contribution is 0.327. The van der Waals surface area contributed by atoms with Gasteiger partial charge in [0.2, 0.25) is 0 Å². The van der Waals surface area contributed by atoms with E-state index in [1.165, 1.54) is 83.8 Å². The van der Waals surface area contributed by atoms with Crippen LogP contribution in [-0.2, 0) is 0 Å². The first-order valence-corrected chi connectivity index (χ1v) is 9.10. The average Bonchev–Trinajstić information content (AvgIpc) is 2.95. The first kappa shape index (κ1) is 19.9. The Kier molecular flexibility index (Phi) is 15.3. The van der Waals surface area contributed by atoms with Gasteiger partial charge in [-0.1, -0.05) is 65.7 Å². The van der Waals surface area contributed by atoms with Crippen molar-refractivity contribution >= 4 is 0 Å². The molecule has 0 amide bonds. The summed E-state index contributed by atoms with van der Waals surface area (Å²) in [6, 6.07) is 0.634. The molecule has 20 heavy (non-hydrogen) atoms. The molecule has 0 atom stereocenters. The smallest absolute Gasteiger partial charge is 0.000733 e. The van der Waals surface area contributed by atoms with E-state index in [4.69, 9.17) is 0 Å². The molecule has 0 radical (unpaired) electrons. The molecular weight excluding hydrogens is 244 g/mol. The predicted molar refractivity (Wildman–Crippen MR) is 92.5 cm³/mol. The molecule has 1 aliphatic heterocycles. The third-order valence-corrected chi connectivity index (χ3v) is 4.10. The van der Waals surface area contributed by atoms with Gasteiger partial charge in [0, 0.05) is 6.04 Å². The molecule has 1 fully saturated rings. The monoisotopic (exact) mass is 284 g/mol. The zero-order chi connectivity index (χ0) is 15.1. The number of hydrogen-bond acceptors (Lipinski definition) is 2. The average molecular weight is 285 g/mol. The summed E-state index contributed by atoms with van der Waals surface area (Å²) in [4.78, 5) is 2.64. The standard InChI is InChI=1S/C14H29N.C4H11N/c1-2-3-4-5-6-7-8-9-12-15-13-10-11-14-15;1-4(2)5-3/h2-14H2,1H3;4-5H,1-3H3. The quantitative estimate of drug-likeness (QED) is 0.578. The minimum absolute atomic E-state index is 0.634. The van der Waals surface area contributed by atoms with Crippen molar-refractivity contribution in [3.05, 3.63) is 0 Å². The largest absolute Gasteiger partial charge is 0.318 e. The summed E-state index contributed by atoms with van der Waals surface area (Å²) in [7, 11) is 1.95. The molecule has 0 aromatic carbocycles. The Bertz CT molecular complexity index is 174. The number of likely N-dealkylation sites (tertiary alicyclic amines) is 1. The highest BCUT2D eigenvalue weighted by molar-refractivity contribution is 4.65. The van der Waals surface area contributed by atoms with Crippen molar-refractivity contribution in [2.24, 2.45) is 0 Å². The van der Waals surface area contributed by atoms with Crippen LogP contribution >= 0.6 is 0 Å². The van der Waals surface area contributed by atoms with Gasteiger partial charge in [0.15, 0.2) is 0 Å². The van der Waals surface area contributed by atoms with E-state index in [2.05, 4.69) is 31.0 Å². The molecule has 2 nitrogen and oxygen atoms in total. The lowest BCUT2D eigenvalue weighted by Gasteiger charge is -2.13. The van der Waals surface area contributed by atoms with Crippen LogP contribution in [0.4, 0.5) is 0 Å². The van der Waals surface area contributed by atoms with E-state index in [-0.39, 0.29) is 0 Å². The molecular formula is C18H40N2. The number of rotatable bonds is 10. The second-order valence-corrected chi connectivity index (χ2v) is 6.47. The molecule has 0 saturated carbocycles. The molecule has 1 aliphatic rings. The van der Waals surface area contributed by atoms with Crippen LogP contribution in [0.15, 0.2) is 0 Å². The Morgan fingerprint density at radius 1 is 0.850 bits per heavy atom. The van der Waals surface area contributed by atoms with Gasteiger partial charge in [0.25, 0.3) is 0 Å². The van der Waals surface area contributed by atoms with Crippen molar-refractivity contribution in [3.8, 4) is 0 Å². The van der Waals surface area contributed by atoms with E-state index in [1.807, 2.05) is 7.05 Å². The van der Waals surface area contributed by atoms with E-state index in [0.29, 0.717) is 6.04 Å². The van der Waals surface area contributed by atoms with Crippen molar-refractivity contribution in [1.29, 1.82) is 0 Å². The molecule has 0 spiro atoms. The zero-order valence-corrected chi connectivity index (χ0v) is 14.7. The molecule has 1 rings (SSSR count). The number of nitrogens with one attached hydrogen (secondary N) is 1. The number of nitrogens with zero attached hydrogens (tertiary/aromatic N) is 1. The molecule has 0 aromatic rings. The van der Waals surface area contributed by atoms with Crippen molar-refractivity contribution in [2.45, 2.75) is 91.0 Å². The zero-order valence-electron chi connectivity index (χ0n) is 14.7. The Morgan fingerprint density at radius 2 is 1.30 bits per heavy atom. The van der Waals surface area contributed by atoms with E-state index in [9.17, 15) is 0 Å². The molecule has 1 N–H and O–H groups in total. The van der Waals surface area contributed by atoms with Crippen LogP contribution < -0.4 is 5.32 Å². The van der Waals surface area contributed by atoms with Crippen LogP contribution in [0, 0.1) is 0 Å². The predicted octanol–water partition coefficient (Wildman–Crippen LogP) is 4.84. The summed E-state index contributed by atoms with van der Waals surface area (Å²) >= 11 is 0. The number of hydrogen-bond donors (Lipinski definition) is 1. The summed E-state index contributed by atoms with van der Waals surface area (Å²) in [5.74, 6) is 0. The van der Waals surface area contributed by atoms with Crippen LogP contribution in [0.1, 0.15) is 85.0 Å². The van der Waals surface area contributed by atoms with E-state index >= 15 is 0 Å². The van der Waals surface area contributed by atoms with Crippen LogP contribution in [0.3, 0.4) is 0 Å². The van der Waals surface area contributed by atoms with Crippen LogP contribution in [0.5, 0.6) is 0 Å². The fourth-order valence-electron chi connectivity index (χ4n) is 2.48.